The third-order valence-corrected chi connectivity index (χ3v) is 10.9. The number of unbranched alkanes of at least 4 members (excludes halogenated alkanes) is 8. The number of ether oxygens (including phenoxy) is 1. The summed E-state index contributed by atoms with van der Waals surface area (Å²) in [5.41, 5.74) is 3.75. The van der Waals surface area contributed by atoms with Crippen LogP contribution >= 0.6 is 0 Å². The first-order chi connectivity index (χ1) is 29.7. The summed E-state index contributed by atoms with van der Waals surface area (Å²) in [7, 11) is 0. The van der Waals surface area contributed by atoms with Gasteiger partial charge in [0.05, 0.1) is 36.0 Å². The molecule has 3 aromatic carbocycles. The van der Waals surface area contributed by atoms with E-state index in [0.29, 0.717) is 76.3 Å². The Balaban J connectivity index is 0.846. The fourth-order valence-corrected chi connectivity index (χ4v) is 7.46. The summed E-state index contributed by atoms with van der Waals surface area (Å²) in [6.45, 7) is 6.52. The number of amides is 1. The van der Waals surface area contributed by atoms with Gasteiger partial charge in [0.15, 0.2) is 22.3 Å². The molecule has 6 rings (SSSR count). The molecule has 2 aliphatic rings. The summed E-state index contributed by atoms with van der Waals surface area (Å²) in [6, 6.07) is 14.9. The molecule has 1 aromatic heterocycles. The van der Waals surface area contributed by atoms with Gasteiger partial charge in [0.25, 0.3) is 0 Å². The van der Waals surface area contributed by atoms with Gasteiger partial charge in [-0.15, -0.1) is 0 Å². The van der Waals surface area contributed by atoms with Gasteiger partial charge in [-0.1, -0.05) is 57.1 Å². The molecule has 4 aromatic rings. The summed E-state index contributed by atoms with van der Waals surface area (Å²) in [5.74, 6) is 0.758. The van der Waals surface area contributed by atoms with E-state index in [1.807, 2.05) is 18.2 Å². The van der Waals surface area contributed by atoms with Crippen LogP contribution in [0.2, 0.25) is 0 Å². The van der Waals surface area contributed by atoms with Crippen molar-refractivity contribution in [2.45, 2.75) is 96.6 Å². The minimum Gasteiger partial charge on any atom is -0.493 e. The van der Waals surface area contributed by atoms with Crippen molar-refractivity contribution < 1.29 is 33.7 Å². The predicted molar refractivity (Wildman–Crippen MR) is 235 cm³/mol. The van der Waals surface area contributed by atoms with Crippen LogP contribution in [-0.2, 0) is 4.79 Å². The molecule has 0 unspecified atom stereocenters. The van der Waals surface area contributed by atoms with E-state index in [0.717, 1.165) is 76.6 Å². The molecule has 61 heavy (non-hydrogen) atoms. The fourth-order valence-electron chi connectivity index (χ4n) is 7.46. The second-order valence-electron chi connectivity index (χ2n) is 15.1. The lowest BCUT2D eigenvalue weighted by molar-refractivity contribution is -0.383. The highest BCUT2D eigenvalue weighted by Crippen LogP contribution is 2.34. The zero-order chi connectivity index (χ0) is 43.1. The van der Waals surface area contributed by atoms with Gasteiger partial charge < -0.3 is 34.9 Å². The number of fused-ring (bicyclic) bond motifs is 5. The number of nitrogens with zero attached hydrogens (tertiary/aromatic N) is 5. The third kappa shape index (κ3) is 11.6. The van der Waals surface area contributed by atoms with E-state index in [4.69, 9.17) is 18.8 Å². The van der Waals surface area contributed by atoms with E-state index < -0.39 is 23.7 Å². The van der Waals surface area contributed by atoms with E-state index in [1.54, 1.807) is 36.4 Å². The smallest absolute Gasteiger partial charge is 0.300 e. The molecule has 324 valence electrons. The molecular weight excluding hydrogens is 783 g/mol. The lowest BCUT2D eigenvalue weighted by Crippen LogP contribution is -2.45. The lowest BCUT2D eigenvalue weighted by Gasteiger charge is -2.21. The number of aliphatic hydroxyl groups is 2. The van der Waals surface area contributed by atoms with Crippen LogP contribution in [0.5, 0.6) is 5.75 Å². The first-order valence-corrected chi connectivity index (χ1v) is 21.3. The number of nitrogens with one attached hydrogen (secondary N) is 2. The molecule has 1 amide bonds. The van der Waals surface area contributed by atoms with Gasteiger partial charge in [0.1, 0.15) is 17.0 Å². The molecule has 0 bridgehead atoms. The van der Waals surface area contributed by atoms with E-state index in [1.165, 1.54) is 12.1 Å². The Morgan fingerprint density at radius 1 is 0.934 bits per heavy atom. The van der Waals surface area contributed by atoms with Crippen LogP contribution in [0, 0.1) is 10.1 Å². The van der Waals surface area contributed by atoms with Crippen molar-refractivity contribution in [2.75, 3.05) is 43.1 Å². The number of nitro groups is 1. The summed E-state index contributed by atoms with van der Waals surface area (Å²) in [5, 5.41) is 46.3. The van der Waals surface area contributed by atoms with Crippen LogP contribution in [0.15, 0.2) is 80.6 Å². The molecule has 1 aliphatic heterocycles. The summed E-state index contributed by atoms with van der Waals surface area (Å²) in [4.78, 5) is 43.3. The van der Waals surface area contributed by atoms with Crippen molar-refractivity contribution in [1.29, 1.82) is 0 Å². The van der Waals surface area contributed by atoms with Crippen molar-refractivity contribution in [3.05, 3.63) is 87.1 Å². The molecule has 0 saturated heterocycles. The zero-order valence-electron chi connectivity index (χ0n) is 34.8. The number of aliphatic hydroxyl groups excluding tert-OH is 2. The Labute approximate surface area is 353 Å². The molecular formula is C45H55N7O9. The van der Waals surface area contributed by atoms with Crippen molar-refractivity contribution in [2.24, 2.45) is 0 Å². The fraction of sp³-hybridized carbons (Fsp3) is 0.444. The highest BCUT2D eigenvalue weighted by molar-refractivity contribution is 5.97. The van der Waals surface area contributed by atoms with Crippen molar-refractivity contribution >= 4 is 55.9 Å². The first kappa shape index (κ1) is 44.4. The number of rotatable bonds is 25. The number of benzene rings is 4. The van der Waals surface area contributed by atoms with Crippen LogP contribution in [0.3, 0.4) is 0 Å². The summed E-state index contributed by atoms with van der Waals surface area (Å²) >= 11 is 0. The normalized spacial score (nSPS) is 12.7. The van der Waals surface area contributed by atoms with Crippen molar-refractivity contribution in [1.82, 2.24) is 20.6 Å². The van der Waals surface area contributed by atoms with Gasteiger partial charge in [-0.3, -0.25) is 19.7 Å². The van der Waals surface area contributed by atoms with E-state index in [2.05, 4.69) is 39.7 Å². The van der Waals surface area contributed by atoms with Gasteiger partial charge in [0.2, 0.25) is 11.4 Å². The minimum absolute atomic E-state index is 0.134. The Morgan fingerprint density at radius 2 is 1.67 bits per heavy atom. The molecule has 16 heteroatoms. The Kier molecular flexibility index (Phi) is 16.0. The molecule has 0 fully saturated rings. The highest BCUT2D eigenvalue weighted by atomic mass is 16.6. The largest absolute Gasteiger partial charge is 0.493 e. The van der Waals surface area contributed by atoms with E-state index in [9.17, 15) is 29.9 Å². The van der Waals surface area contributed by atoms with Crippen molar-refractivity contribution in [3.8, 4) is 17.2 Å². The van der Waals surface area contributed by atoms with Crippen LogP contribution in [-0.4, -0.2) is 81.3 Å². The number of hydrogen-bond donors (Lipinski definition) is 4. The van der Waals surface area contributed by atoms with Gasteiger partial charge in [0, 0.05) is 60.7 Å². The molecule has 1 aliphatic carbocycles. The number of carbonyl (C=O) groups excluding carboxylic acids is 1. The van der Waals surface area contributed by atoms with Crippen LogP contribution in [0.25, 0.3) is 44.4 Å². The van der Waals surface area contributed by atoms with Crippen molar-refractivity contribution in [3.63, 3.8) is 0 Å². The monoisotopic (exact) mass is 837 g/mol. The van der Waals surface area contributed by atoms with E-state index in [-0.39, 0.29) is 22.5 Å². The Bertz CT molecular complexity index is 2450. The molecule has 2 atom stereocenters. The molecule has 16 nitrogen and oxygen atoms in total. The van der Waals surface area contributed by atoms with E-state index >= 15 is 0 Å². The predicted octanol–water partition coefficient (Wildman–Crippen LogP) is 7.91. The average molecular weight is 838 g/mol. The maximum Gasteiger partial charge on any atom is 0.300 e. The number of anilines is 2. The van der Waals surface area contributed by atoms with Gasteiger partial charge in [-0.25, -0.2) is 9.61 Å². The summed E-state index contributed by atoms with van der Waals surface area (Å²) in [6.07, 6.45) is 12.2. The van der Waals surface area contributed by atoms with Crippen LogP contribution < -0.4 is 25.7 Å². The van der Waals surface area contributed by atoms with Gasteiger partial charge in [-0.2, -0.15) is 0 Å². The second kappa shape index (κ2) is 21.9. The number of aromatic nitrogens is 3. The number of hydrogen-bond acceptors (Lipinski definition) is 14. The molecule has 2 heterocycles. The maximum atomic E-state index is 13.0. The van der Waals surface area contributed by atoms with Gasteiger partial charge >= 0.3 is 5.69 Å². The molecule has 0 saturated carbocycles. The second-order valence-corrected chi connectivity index (χ2v) is 15.1. The number of carbonyl (C=O) groups is 1. The molecule has 0 spiro atoms. The van der Waals surface area contributed by atoms with Crippen LogP contribution in [0.1, 0.15) is 84.5 Å². The first-order valence-electron chi connectivity index (χ1n) is 21.3. The lowest BCUT2D eigenvalue weighted by atomic mass is 10.0. The SMILES string of the molecule is CCN(CC)c1ccc2nc3c4cc(OCC/C=C/[C@@H](O)[C@H](CO)NC(=O)CCCCCCCCCCCNc5ccc([N+](=O)[O-])c6nonc56)ccc4c(=O)cc-3oc2c1. The zero-order valence-corrected chi connectivity index (χ0v) is 34.8. The standard InChI is InChI=1S/C45H55N7O9/c1-3-51(4-2)30-18-21-34-40(26-30)60-41-28-39(55)32-20-19-31(27-33(32)43(41)48-34)59-25-15-13-16-38(54)36(29-53)47-42(56)17-12-10-8-6-5-7-9-11-14-24-46-35-22-23-37(52(57)58)45-44(35)49-61-50-45/h13,16,18-23,26-28,36,38,46,53-54H,3-12,14-15,17,24-25,29H2,1-2H3,(H,47,56)/b16-13+/t36-,38+/m0/s1. The number of nitro benzene ring substituents is 1. The van der Waals surface area contributed by atoms with Crippen LogP contribution in [0.4, 0.5) is 17.1 Å². The Hall–Kier alpha value is -6.13. The third-order valence-electron chi connectivity index (χ3n) is 10.9. The van der Waals surface area contributed by atoms with Gasteiger partial charge in [-0.05, 0) is 79.8 Å². The minimum atomic E-state index is -1.07. The topological polar surface area (TPSA) is 219 Å². The highest BCUT2D eigenvalue weighted by Gasteiger charge is 2.21. The molecule has 0 radical (unpaired) electrons. The number of non-ortho nitro benzene ring substituents is 1. The summed E-state index contributed by atoms with van der Waals surface area (Å²) < 4.78 is 16.9. The molecule has 4 N–H and O–H groups in total. The average Bonchev–Trinajstić information content (AvgIpc) is 3.76. The Morgan fingerprint density at radius 3 is 2.41 bits per heavy atom. The maximum absolute atomic E-state index is 13.0. The quantitative estimate of drug-likeness (QED) is 0.0108.